The first-order chi connectivity index (χ1) is 14.0. The number of para-hydroxylation sites is 1. The lowest BCUT2D eigenvalue weighted by atomic mass is 9.97. The van der Waals surface area contributed by atoms with E-state index in [2.05, 4.69) is 20.6 Å². The van der Waals surface area contributed by atoms with E-state index >= 15 is 0 Å². The Hall–Kier alpha value is -3.20. The number of nitrogens with zero attached hydrogens (tertiary/aromatic N) is 1. The van der Waals surface area contributed by atoms with Crippen LogP contribution in [-0.4, -0.2) is 38.9 Å². The van der Waals surface area contributed by atoms with Gasteiger partial charge in [-0.3, -0.25) is 14.4 Å². The van der Waals surface area contributed by atoms with Gasteiger partial charge in [-0.2, -0.15) is 0 Å². The van der Waals surface area contributed by atoms with Crippen molar-refractivity contribution >= 4 is 45.2 Å². The van der Waals surface area contributed by atoms with Crippen molar-refractivity contribution in [2.24, 2.45) is 0 Å². The Bertz CT molecular complexity index is 1050. The summed E-state index contributed by atoms with van der Waals surface area (Å²) in [6.07, 6.45) is 1.86. The Balaban J connectivity index is 1.37. The number of amides is 2. The topological polar surface area (TPSA) is 124 Å². The molecule has 0 unspecified atom stereocenters. The maximum absolute atomic E-state index is 12.6. The number of hydrogen-bond acceptors (Lipinski definition) is 5. The number of rotatable bonds is 6. The second kappa shape index (κ2) is 8.04. The molecule has 0 saturated heterocycles. The second-order valence-corrected chi connectivity index (χ2v) is 8.10. The minimum atomic E-state index is -1.01. The smallest absolute Gasteiger partial charge is 0.303 e. The van der Waals surface area contributed by atoms with E-state index < -0.39 is 5.97 Å². The highest BCUT2D eigenvalue weighted by molar-refractivity contribution is 7.15. The molecule has 0 aliphatic heterocycles. The predicted molar refractivity (Wildman–Crippen MR) is 109 cm³/mol. The number of carbonyl (C=O) groups excluding carboxylic acids is 2. The number of aliphatic carboxylic acids is 1. The molecule has 2 aromatic heterocycles. The van der Waals surface area contributed by atoms with Gasteiger partial charge >= 0.3 is 5.97 Å². The van der Waals surface area contributed by atoms with Crippen LogP contribution in [0.4, 0.5) is 5.13 Å². The molecule has 150 valence electrons. The molecule has 4 N–H and O–H groups in total. The van der Waals surface area contributed by atoms with Gasteiger partial charge in [0.15, 0.2) is 5.13 Å². The molecule has 0 saturated carbocycles. The molecule has 0 radical (unpaired) electrons. The highest BCUT2D eigenvalue weighted by atomic mass is 32.1. The number of H-pyrrole nitrogens is 1. The van der Waals surface area contributed by atoms with Crippen molar-refractivity contribution < 1.29 is 19.5 Å². The molecule has 0 fully saturated rings. The summed E-state index contributed by atoms with van der Waals surface area (Å²) >= 11 is 1.38. The minimum Gasteiger partial charge on any atom is -0.481 e. The minimum absolute atomic E-state index is 0.00239. The molecular weight excluding hydrogens is 392 g/mol. The van der Waals surface area contributed by atoms with Gasteiger partial charge in [-0.25, -0.2) is 4.98 Å². The van der Waals surface area contributed by atoms with Gasteiger partial charge < -0.3 is 20.7 Å². The lowest BCUT2D eigenvalue weighted by Gasteiger charge is -2.22. The number of aromatic nitrogens is 2. The first kappa shape index (κ1) is 19.1. The van der Waals surface area contributed by atoms with Crippen LogP contribution < -0.4 is 10.6 Å². The zero-order chi connectivity index (χ0) is 20.4. The van der Waals surface area contributed by atoms with Crippen LogP contribution >= 0.6 is 11.3 Å². The summed E-state index contributed by atoms with van der Waals surface area (Å²) in [5.41, 5.74) is 2.39. The van der Waals surface area contributed by atoms with E-state index in [1.807, 2.05) is 30.3 Å². The van der Waals surface area contributed by atoms with E-state index in [-0.39, 0.29) is 30.7 Å². The molecule has 29 heavy (non-hydrogen) atoms. The fourth-order valence-corrected chi connectivity index (χ4v) is 4.52. The number of nitrogens with one attached hydrogen (secondary N) is 3. The molecule has 3 aromatic rings. The summed E-state index contributed by atoms with van der Waals surface area (Å²) in [4.78, 5) is 43.6. The van der Waals surface area contributed by atoms with Crippen LogP contribution in [0, 0.1) is 0 Å². The Kier molecular flexibility index (Phi) is 5.30. The maximum atomic E-state index is 12.6. The van der Waals surface area contributed by atoms with Gasteiger partial charge in [0.1, 0.15) is 5.69 Å². The van der Waals surface area contributed by atoms with Crippen molar-refractivity contribution in [1.82, 2.24) is 15.3 Å². The SMILES string of the molecule is O=C(O)CCC(=O)Nc1nc2c(s1)C[C@@H](NC(=O)c1cc3ccccc3[nH]1)CC2. The Labute approximate surface area is 170 Å². The number of fused-ring (bicyclic) bond motifs is 2. The average molecular weight is 412 g/mol. The summed E-state index contributed by atoms with van der Waals surface area (Å²) < 4.78 is 0. The van der Waals surface area contributed by atoms with Crippen LogP contribution in [0.5, 0.6) is 0 Å². The Morgan fingerprint density at radius 1 is 1.24 bits per heavy atom. The molecule has 1 aliphatic rings. The average Bonchev–Trinajstić information content (AvgIpc) is 3.29. The van der Waals surface area contributed by atoms with Gasteiger partial charge in [-0.05, 0) is 25.0 Å². The number of carbonyl (C=O) groups is 3. The summed E-state index contributed by atoms with van der Waals surface area (Å²) in [7, 11) is 0. The highest BCUT2D eigenvalue weighted by Crippen LogP contribution is 2.30. The van der Waals surface area contributed by atoms with E-state index in [0.717, 1.165) is 27.9 Å². The van der Waals surface area contributed by atoms with Crippen LogP contribution in [0.2, 0.25) is 0 Å². The summed E-state index contributed by atoms with van der Waals surface area (Å²) in [5, 5.41) is 15.9. The standard InChI is InChI=1S/C20H20N4O4S/c25-17(7-8-18(26)27)24-20-23-14-6-5-12(10-16(14)29-20)21-19(28)15-9-11-3-1-2-4-13(11)22-15/h1-4,9,12,22H,5-8,10H2,(H,21,28)(H,26,27)(H,23,24,25)/t12-/m0/s1. The number of aromatic amines is 1. The summed E-state index contributed by atoms with van der Waals surface area (Å²) in [5.74, 6) is -1.50. The zero-order valence-electron chi connectivity index (χ0n) is 15.5. The lowest BCUT2D eigenvalue weighted by molar-refractivity contribution is -0.138. The number of aryl methyl sites for hydroxylation is 1. The van der Waals surface area contributed by atoms with Crippen molar-refractivity contribution in [3.05, 3.63) is 46.6 Å². The Morgan fingerprint density at radius 3 is 2.86 bits per heavy atom. The number of carboxylic acid groups (broad SMARTS) is 1. The number of anilines is 1. The van der Waals surface area contributed by atoms with E-state index in [1.54, 1.807) is 0 Å². The molecule has 1 atom stereocenters. The largest absolute Gasteiger partial charge is 0.481 e. The van der Waals surface area contributed by atoms with Crippen LogP contribution in [0.25, 0.3) is 10.9 Å². The zero-order valence-corrected chi connectivity index (χ0v) is 16.3. The predicted octanol–water partition coefficient (Wildman–Crippen LogP) is 2.72. The maximum Gasteiger partial charge on any atom is 0.303 e. The first-order valence-electron chi connectivity index (χ1n) is 9.37. The highest BCUT2D eigenvalue weighted by Gasteiger charge is 2.25. The van der Waals surface area contributed by atoms with Crippen molar-refractivity contribution in [2.45, 2.75) is 38.1 Å². The third-order valence-electron chi connectivity index (χ3n) is 4.86. The third kappa shape index (κ3) is 4.45. The third-order valence-corrected chi connectivity index (χ3v) is 5.90. The molecule has 1 aromatic carbocycles. The summed E-state index contributed by atoms with van der Waals surface area (Å²) in [6, 6.07) is 9.59. The molecule has 0 spiro atoms. The lowest BCUT2D eigenvalue weighted by Crippen LogP contribution is -2.38. The monoisotopic (exact) mass is 412 g/mol. The molecule has 0 bridgehead atoms. The summed E-state index contributed by atoms with van der Waals surface area (Å²) in [6.45, 7) is 0. The molecule has 8 nitrogen and oxygen atoms in total. The van der Waals surface area contributed by atoms with Gasteiger partial charge in [-0.15, -0.1) is 11.3 Å². The van der Waals surface area contributed by atoms with E-state index in [9.17, 15) is 14.4 Å². The second-order valence-electron chi connectivity index (χ2n) is 7.01. The van der Waals surface area contributed by atoms with Crippen LogP contribution in [-0.2, 0) is 22.4 Å². The van der Waals surface area contributed by atoms with Gasteiger partial charge in [0.2, 0.25) is 5.91 Å². The fraction of sp³-hybridized carbons (Fsp3) is 0.300. The van der Waals surface area contributed by atoms with Gasteiger partial charge in [-0.1, -0.05) is 18.2 Å². The molecular formula is C20H20N4O4S. The molecule has 9 heteroatoms. The van der Waals surface area contributed by atoms with Crippen LogP contribution in [0.3, 0.4) is 0 Å². The van der Waals surface area contributed by atoms with Crippen LogP contribution in [0.15, 0.2) is 30.3 Å². The molecule has 2 amide bonds. The molecule has 2 heterocycles. The normalized spacial score (nSPS) is 15.7. The van der Waals surface area contributed by atoms with Gasteiger partial charge in [0.05, 0.1) is 12.1 Å². The number of benzene rings is 1. The van der Waals surface area contributed by atoms with Gasteiger partial charge in [0, 0.05) is 34.7 Å². The number of thiazole rings is 1. The molecule has 4 rings (SSSR count). The molecule has 1 aliphatic carbocycles. The number of carboxylic acids is 1. The van der Waals surface area contributed by atoms with Crippen LogP contribution in [0.1, 0.15) is 40.3 Å². The van der Waals surface area contributed by atoms with Crippen molar-refractivity contribution in [2.75, 3.05) is 5.32 Å². The van der Waals surface area contributed by atoms with Crippen molar-refractivity contribution in [3.8, 4) is 0 Å². The first-order valence-corrected chi connectivity index (χ1v) is 10.2. The Morgan fingerprint density at radius 2 is 2.07 bits per heavy atom. The number of hydrogen-bond donors (Lipinski definition) is 4. The van der Waals surface area contributed by atoms with E-state index in [4.69, 9.17) is 5.11 Å². The van der Waals surface area contributed by atoms with E-state index in [1.165, 1.54) is 11.3 Å². The van der Waals surface area contributed by atoms with Gasteiger partial charge in [0.25, 0.3) is 5.91 Å². The van der Waals surface area contributed by atoms with Crippen molar-refractivity contribution in [1.29, 1.82) is 0 Å². The quantitative estimate of drug-likeness (QED) is 0.496. The van der Waals surface area contributed by atoms with E-state index in [0.29, 0.717) is 23.7 Å². The fourth-order valence-electron chi connectivity index (χ4n) is 3.41. The van der Waals surface area contributed by atoms with Crippen molar-refractivity contribution in [3.63, 3.8) is 0 Å².